The fourth-order valence-corrected chi connectivity index (χ4v) is 4.78. The Labute approximate surface area is 186 Å². The topological polar surface area (TPSA) is 61.0 Å². The van der Waals surface area contributed by atoms with Crippen LogP contribution in [0.1, 0.15) is 68.1 Å². The molecule has 6 heteroatoms. The van der Waals surface area contributed by atoms with Crippen LogP contribution in [-0.4, -0.2) is 29.0 Å². The number of halogens is 1. The number of carbonyl (C=O) groups is 1. The highest BCUT2D eigenvalue weighted by molar-refractivity contribution is 9.10. The Morgan fingerprint density at radius 2 is 1.93 bits per heavy atom. The Bertz CT molecular complexity index is 1030. The molecule has 0 spiro atoms. The van der Waals surface area contributed by atoms with Crippen LogP contribution in [0.2, 0.25) is 0 Å². The predicted molar refractivity (Wildman–Crippen MR) is 128 cm³/mol. The Morgan fingerprint density at radius 1 is 1.17 bits per heavy atom. The molecule has 2 N–H and O–H groups in total. The monoisotopic (exact) mass is 468 g/mol. The van der Waals surface area contributed by atoms with Gasteiger partial charge in [-0.2, -0.15) is 0 Å². The van der Waals surface area contributed by atoms with Gasteiger partial charge in [-0.15, -0.1) is 0 Å². The van der Waals surface area contributed by atoms with E-state index in [1.165, 1.54) is 32.1 Å². The zero-order valence-corrected chi connectivity index (χ0v) is 19.3. The van der Waals surface area contributed by atoms with Crippen LogP contribution in [0.15, 0.2) is 40.9 Å². The molecule has 1 heterocycles. The van der Waals surface area contributed by atoms with Crippen molar-refractivity contribution in [2.24, 2.45) is 0 Å². The lowest BCUT2D eigenvalue weighted by atomic mass is 9.89. The summed E-state index contributed by atoms with van der Waals surface area (Å²) in [5.41, 5.74) is 4.40. The maximum Gasteiger partial charge on any atom is 0.255 e. The molecule has 1 aliphatic rings. The summed E-state index contributed by atoms with van der Waals surface area (Å²) in [6.45, 7) is 6.00. The van der Waals surface area contributed by atoms with E-state index in [2.05, 4.69) is 51.0 Å². The van der Waals surface area contributed by atoms with Crippen molar-refractivity contribution < 1.29 is 4.79 Å². The number of rotatable bonds is 6. The van der Waals surface area contributed by atoms with Gasteiger partial charge in [0.15, 0.2) is 0 Å². The van der Waals surface area contributed by atoms with Gasteiger partial charge in [-0.1, -0.05) is 41.3 Å². The highest BCUT2D eigenvalue weighted by Crippen LogP contribution is 2.35. The van der Waals surface area contributed by atoms with Crippen molar-refractivity contribution in [1.29, 1.82) is 0 Å². The Hall–Kier alpha value is -2.34. The van der Waals surface area contributed by atoms with E-state index in [9.17, 15) is 4.79 Å². The second-order valence-corrected chi connectivity index (χ2v) is 8.90. The molecule has 1 aromatic heterocycles. The molecule has 0 radical (unpaired) electrons. The standard InChI is InChI=1S/C24H29BrN4O/c1-3-29(4-2)22-15-20-19(26-23(27-20)16-9-6-5-7-10-16)14-21(22)28-24(30)17-11-8-12-18(25)13-17/h8,11-16H,3-7,9-10H2,1-2H3,(H,26,27)(H,28,30). The summed E-state index contributed by atoms with van der Waals surface area (Å²) in [4.78, 5) is 23.7. The molecule has 0 aliphatic heterocycles. The predicted octanol–water partition coefficient (Wildman–Crippen LogP) is 6.47. The first-order chi connectivity index (χ1) is 14.6. The number of hydrogen-bond acceptors (Lipinski definition) is 3. The van der Waals surface area contributed by atoms with E-state index < -0.39 is 0 Å². The van der Waals surface area contributed by atoms with Gasteiger partial charge in [0.25, 0.3) is 5.91 Å². The molecule has 0 bridgehead atoms. The van der Waals surface area contributed by atoms with E-state index in [-0.39, 0.29) is 5.91 Å². The van der Waals surface area contributed by atoms with Crippen LogP contribution < -0.4 is 10.2 Å². The number of amides is 1. The minimum absolute atomic E-state index is 0.118. The van der Waals surface area contributed by atoms with Crippen LogP contribution in [0.3, 0.4) is 0 Å². The highest BCUT2D eigenvalue weighted by Gasteiger charge is 2.21. The molecule has 1 amide bonds. The minimum atomic E-state index is -0.118. The van der Waals surface area contributed by atoms with Crippen molar-refractivity contribution in [3.05, 3.63) is 52.3 Å². The first kappa shape index (κ1) is 20.9. The quantitative estimate of drug-likeness (QED) is 0.435. The second-order valence-electron chi connectivity index (χ2n) is 7.98. The molecule has 3 aromatic rings. The third-order valence-electron chi connectivity index (χ3n) is 6.05. The fourth-order valence-electron chi connectivity index (χ4n) is 4.38. The largest absolute Gasteiger partial charge is 0.370 e. The summed E-state index contributed by atoms with van der Waals surface area (Å²) in [5, 5.41) is 3.13. The van der Waals surface area contributed by atoms with Gasteiger partial charge in [-0.3, -0.25) is 4.79 Å². The van der Waals surface area contributed by atoms with Crippen LogP contribution in [0.25, 0.3) is 11.0 Å². The van der Waals surface area contributed by atoms with Crippen molar-refractivity contribution in [3.63, 3.8) is 0 Å². The van der Waals surface area contributed by atoms with Gasteiger partial charge in [0.05, 0.1) is 22.4 Å². The third kappa shape index (κ3) is 4.38. The van der Waals surface area contributed by atoms with Gasteiger partial charge in [-0.25, -0.2) is 4.98 Å². The molecule has 2 aromatic carbocycles. The van der Waals surface area contributed by atoms with Gasteiger partial charge >= 0.3 is 0 Å². The molecule has 0 saturated heterocycles. The summed E-state index contributed by atoms with van der Waals surface area (Å²) in [7, 11) is 0. The summed E-state index contributed by atoms with van der Waals surface area (Å²) in [5.74, 6) is 1.49. The average Bonchev–Trinajstić information content (AvgIpc) is 3.18. The van der Waals surface area contributed by atoms with E-state index in [1.54, 1.807) is 0 Å². The summed E-state index contributed by atoms with van der Waals surface area (Å²) < 4.78 is 0.888. The SMILES string of the molecule is CCN(CC)c1cc2[nH]c(C3CCCCC3)nc2cc1NC(=O)c1cccc(Br)c1. The van der Waals surface area contributed by atoms with Gasteiger partial charge < -0.3 is 15.2 Å². The zero-order chi connectivity index (χ0) is 21.1. The minimum Gasteiger partial charge on any atom is -0.370 e. The van der Waals surface area contributed by atoms with Gasteiger partial charge in [0, 0.05) is 29.0 Å². The van der Waals surface area contributed by atoms with Crippen molar-refractivity contribution in [2.45, 2.75) is 51.9 Å². The molecule has 158 valence electrons. The van der Waals surface area contributed by atoms with Crippen molar-refractivity contribution >= 4 is 44.2 Å². The number of imidazole rings is 1. The maximum atomic E-state index is 12.9. The molecule has 4 rings (SSSR count). The number of hydrogen-bond donors (Lipinski definition) is 2. The van der Waals surface area contributed by atoms with Crippen molar-refractivity contribution in [3.8, 4) is 0 Å². The van der Waals surface area contributed by atoms with Crippen molar-refractivity contribution in [1.82, 2.24) is 9.97 Å². The number of benzene rings is 2. The number of carbonyl (C=O) groups excluding carboxylic acids is 1. The van der Waals surface area contributed by atoms with E-state index in [0.29, 0.717) is 11.5 Å². The van der Waals surface area contributed by atoms with Crippen molar-refractivity contribution in [2.75, 3.05) is 23.3 Å². The molecule has 1 saturated carbocycles. The molecule has 0 atom stereocenters. The molecule has 5 nitrogen and oxygen atoms in total. The summed E-state index contributed by atoms with van der Waals surface area (Å²) in [6, 6.07) is 11.6. The Balaban J connectivity index is 1.71. The number of anilines is 2. The van der Waals surface area contributed by atoms with E-state index in [1.807, 2.05) is 30.3 Å². The number of nitrogens with zero attached hydrogens (tertiary/aromatic N) is 2. The number of aromatic nitrogens is 2. The number of aromatic amines is 1. The van der Waals surface area contributed by atoms with E-state index in [4.69, 9.17) is 4.98 Å². The lowest BCUT2D eigenvalue weighted by molar-refractivity contribution is 0.102. The molecule has 0 unspecified atom stereocenters. The molecule has 1 aliphatic carbocycles. The number of fused-ring (bicyclic) bond motifs is 1. The van der Waals surface area contributed by atoms with Crippen LogP contribution in [0, 0.1) is 0 Å². The Kier molecular flexibility index (Phi) is 6.42. The number of nitrogens with one attached hydrogen (secondary N) is 2. The lowest BCUT2D eigenvalue weighted by Gasteiger charge is -2.24. The normalized spacial score (nSPS) is 14.8. The van der Waals surface area contributed by atoms with E-state index >= 15 is 0 Å². The van der Waals surface area contributed by atoms with Gasteiger partial charge in [-0.05, 0) is 57.0 Å². The van der Waals surface area contributed by atoms with Crippen LogP contribution in [0.4, 0.5) is 11.4 Å². The van der Waals surface area contributed by atoms with Crippen LogP contribution in [-0.2, 0) is 0 Å². The zero-order valence-electron chi connectivity index (χ0n) is 17.7. The van der Waals surface area contributed by atoms with Gasteiger partial charge in [0.1, 0.15) is 5.82 Å². The smallest absolute Gasteiger partial charge is 0.255 e. The average molecular weight is 469 g/mol. The third-order valence-corrected chi connectivity index (χ3v) is 6.54. The lowest BCUT2D eigenvalue weighted by Crippen LogP contribution is -2.24. The first-order valence-electron chi connectivity index (χ1n) is 10.9. The van der Waals surface area contributed by atoms with E-state index in [0.717, 1.165) is 45.8 Å². The summed E-state index contributed by atoms with van der Waals surface area (Å²) in [6.07, 6.45) is 6.29. The van der Waals surface area contributed by atoms with Crippen LogP contribution >= 0.6 is 15.9 Å². The fraction of sp³-hybridized carbons (Fsp3) is 0.417. The molecule has 30 heavy (non-hydrogen) atoms. The number of H-pyrrole nitrogens is 1. The molecular weight excluding hydrogens is 440 g/mol. The highest BCUT2D eigenvalue weighted by atomic mass is 79.9. The Morgan fingerprint density at radius 3 is 2.63 bits per heavy atom. The second kappa shape index (κ2) is 9.21. The van der Waals surface area contributed by atoms with Gasteiger partial charge in [0.2, 0.25) is 0 Å². The molecule has 1 fully saturated rings. The van der Waals surface area contributed by atoms with Crippen LogP contribution in [0.5, 0.6) is 0 Å². The summed E-state index contributed by atoms with van der Waals surface area (Å²) >= 11 is 3.45. The maximum absolute atomic E-state index is 12.9. The first-order valence-corrected chi connectivity index (χ1v) is 11.7. The molecular formula is C24H29BrN4O.